The lowest BCUT2D eigenvalue weighted by molar-refractivity contribution is 0.0951. The smallest absolute Gasteiger partial charge is 0.266 e. The number of aromatic nitrogens is 1. The van der Waals surface area contributed by atoms with Crippen molar-refractivity contribution in [3.05, 3.63) is 29.6 Å². The lowest BCUT2D eigenvalue weighted by atomic mass is 10.2. The van der Waals surface area contributed by atoms with Crippen molar-refractivity contribution in [2.75, 3.05) is 20.3 Å². The molecular formula is C13H22N4O2. The molecule has 0 bridgehead atoms. The van der Waals surface area contributed by atoms with E-state index in [0.717, 1.165) is 18.8 Å². The topological polar surface area (TPSA) is 80.5 Å². The summed E-state index contributed by atoms with van der Waals surface area (Å²) in [6.45, 7) is 6.54. The minimum atomic E-state index is -0.334. The molecule has 0 aromatic carbocycles. The number of hydrogen-bond acceptors (Lipinski definition) is 5. The first-order chi connectivity index (χ1) is 9.12. The number of carbonyl (C=O) groups excluding carboxylic acids is 1. The molecule has 1 unspecified atom stereocenters. The van der Waals surface area contributed by atoms with Crippen molar-refractivity contribution in [2.45, 2.75) is 26.4 Å². The standard InChI is InChI=1S/C13H22N4O2/c1-4-17(10(2)9-19-3)8-12-6-5-11(7-15-12)13(18)16-14/h5-7,10H,4,8-9,14H2,1-3H3,(H,16,18). The number of nitrogens with zero attached hydrogens (tertiary/aromatic N) is 2. The van der Waals surface area contributed by atoms with Gasteiger partial charge in [0.15, 0.2) is 0 Å². The zero-order valence-corrected chi connectivity index (χ0v) is 11.7. The molecule has 19 heavy (non-hydrogen) atoms. The third kappa shape index (κ3) is 4.59. The molecule has 1 aromatic rings. The van der Waals surface area contributed by atoms with Crippen molar-refractivity contribution >= 4 is 5.91 Å². The Morgan fingerprint density at radius 2 is 2.32 bits per heavy atom. The van der Waals surface area contributed by atoms with E-state index in [9.17, 15) is 4.79 Å². The van der Waals surface area contributed by atoms with Gasteiger partial charge in [-0.05, 0) is 25.6 Å². The van der Waals surface area contributed by atoms with E-state index >= 15 is 0 Å². The van der Waals surface area contributed by atoms with Crippen molar-refractivity contribution < 1.29 is 9.53 Å². The van der Waals surface area contributed by atoms with Crippen molar-refractivity contribution in [3.8, 4) is 0 Å². The molecule has 1 amide bonds. The van der Waals surface area contributed by atoms with Gasteiger partial charge in [-0.15, -0.1) is 0 Å². The predicted molar refractivity (Wildman–Crippen MR) is 73.3 cm³/mol. The van der Waals surface area contributed by atoms with Gasteiger partial charge in [0, 0.05) is 25.9 Å². The fourth-order valence-corrected chi connectivity index (χ4v) is 1.87. The maximum absolute atomic E-state index is 11.3. The van der Waals surface area contributed by atoms with E-state index in [2.05, 4.69) is 29.2 Å². The van der Waals surface area contributed by atoms with Crippen molar-refractivity contribution in [3.63, 3.8) is 0 Å². The summed E-state index contributed by atoms with van der Waals surface area (Å²) in [7, 11) is 1.70. The van der Waals surface area contributed by atoms with Crippen LogP contribution in [0.2, 0.25) is 0 Å². The highest BCUT2D eigenvalue weighted by molar-refractivity contribution is 5.93. The number of methoxy groups -OCH3 is 1. The van der Waals surface area contributed by atoms with Crippen LogP contribution >= 0.6 is 0 Å². The Kier molecular flexibility index (Phi) is 6.41. The highest BCUT2D eigenvalue weighted by Gasteiger charge is 2.13. The summed E-state index contributed by atoms with van der Waals surface area (Å²) < 4.78 is 5.16. The van der Waals surface area contributed by atoms with E-state index in [1.54, 1.807) is 13.2 Å². The minimum Gasteiger partial charge on any atom is -0.383 e. The number of rotatable bonds is 7. The van der Waals surface area contributed by atoms with Gasteiger partial charge in [0.2, 0.25) is 0 Å². The van der Waals surface area contributed by atoms with Crippen LogP contribution in [0.15, 0.2) is 18.3 Å². The highest BCUT2D eigenvalue weighted by Crippen LogP contribution is 2.07. The van der Waals surface area contributed by atoms with Crippen LogP contribution in [0.3, 0.4) is 0 Å². The molecule has 6 heteroatoms. The Morgan fingerprint density at radius 1 is 1.58 bits per heavy atom. The minimum absolute atomic E-state index is 0.323. The van der Waals surface area contributed by atoms with E-state index in [-0.39, 0.29) is 5.91 Å². The second kappa shape index (κ2) is 7.83. The largest absolute Gasteiger partial charge is 0.383 e. The second-order valence-corrected chi connectivity index (χ2v) is 4.38. The summed E-state index contributed by atoms with van der Waals surface area (Å²) >= 11 is 0. The third-order valence-corrected chi connectivity index (χ3v) is 3.02. The number of hydrazine groups is 1. The number of amides is 1. The first-order valence-electron chi connectivity index (χ1n) is 6.31. The molecule has 1 heterocycles. The molecule has 6 nitrogen and oxygen atoms in total. The molecule has 0 aliphatic carbocycles. The van der Waals surface area contributed by atoms with Crippen molar-refractivity contribution in [2.24, 2.45) is 5.84 Å². The summed E-state index contributed by atoms with van der Waals surface area (Å²) in [6.07, 6.45) is 1.53. The molecule has 0 saturated heterocycles. The Hall–Kier alpha value is -1.50. The average molecular weight is 266 g/mol. The van der Waals surface area contributed by atoms with E-state index in [4.69, 9.17) is 10.6 Å². The molecule has 1 atom stereocenters. The number of nitrogens with one attached hydrogen (secondary N) is 1. The first-order valence-corrected chi connectivity index (χ1v) is 6.31. The maximum Gasteiger partial charge on any atom is 0.266 e. The van der Waals surface area contributed by atoms with Gasteiger partial charge < -0.3 is 4.74 Å². The molecule has 0 aliphatic heterocycles. The van der Waals surface area contributed by atoms with Gasteiger partial charge in [-0.1, -0.05) is 6.92 Å². The van der Waals surface area contributed by atoms with E-state index in [1.165, 1.54) is 6.20 Å². The monoisotopic (exact) mass is 266 g/mol. The molecule has 0 radical (unpaired) electrons. The van der Waals surface area contributed by atoms with E-state index in [0.29, 0.717) is 18.2 Å². The first kappa shape index (κ1) is 15.6. The number of carbonyl (C=O) groups is 1. The van der Waals surface area contributed by atoms with Crippen LogP contribution in [0.5, 0.6) is 0 Å². The fourth-order valence-electron chi connectivity index (χ4n) is 1.87. The van der Waals surface area contributed by atoms with Crippen molar-refractivity contribution in [1.82, 2.24) is 15.3 Å². The molecule has 3 N–H and O–H groups in total. The lowest BCUT2D eigenvalue weighted by Gasteiger charge is -2.26. The Morgan fingerprint density at radius 3 is 2.79 bits per heavy atom. The van der Waals surface area contributed by atoms with Crippen LogP contribution in [0.1, 0.15) is 29.9 Å². The van der Waals surface area contributed by atoms with Gasteiger partial charge in [0.05, 0.1) is 17.9 Å². The Balaban J connectivity index is 2.67. The number of nitrogen functional groups attached to an aromatic ring is 1. The van der Waals surface area contributed by atoms with Crippen LogP contribution in [-0.2, 0) is 11.3 Å². The zero-order chi connectivity index (χ0) is 14.3. The number of likely N-dealkylation sites (N-methyl/N-ethyl adjacent to an activating group) is 1. The number of pyridine rings is 1. The van der Waals surface area contributed by atoms with Crippen LogP contribution in [0, 0.1) is 0 Å². The van der Waals surface area contributed by atoms with E-state index in [1.807, 2.05) is 6.07 Å². The fraction of sp³-hybridized carbons (Fsp3) is 0.538. The van der Waals surface area contributed by atoms with Gasteiger partial charge in [-0.3, -0.25) is 20.1 Å². The average Bonchev–Trinajstić information content (AvgIpc) is 2.44. The summed E-state index contributed by atoms with van der Waals surface area (Å²) in [4.78, 5) is 17.8. The quantitative estimate of drug-likeness (QED) is 0.428. The van der Waals surface area contributed by atoms with E-state index < -0.39 is 0 Å². The number of nitrogens with two attached hydrogens (primary N) is 1. The SMILES string of the molecule is CCN(Cc1ccc(C(=O)NN)cn1)C(C)COC. The number of hydrogen-bond donors (Lipinski definition) is 2. The molecule has 0 saturated carbocycles. The van der Waals surface area contributed by atoms with Gasteiger partial charge in [0.1, 0.15) is 0 Å². The van der Waals surface area contributed by atoms with Crippen LogP contribution < -0.4 is 11.3 Å². The van der Waals surface area contributed by atoms with Gasteiger partial charge in [0.25, 0.3) is 5.91 Å². The third-order valence-electron chi connectivity index (χ3n) is 3.02. The molecule has 1 aromatic heterocycles. The van der Waals surface area contributed by atoms with Gasteiger partial charge in [-0.2, -0.15) is 0 Å². The highest BCUT2D eigenvalue weighted by atomic mass is 16.5. The summed E-state index contributed by atoms with van der Waals surface area (Å²) in [5.41, 5.74) is 3.45. The number of ether oxygens (including phenoxy) is 1. The molecule has 0 aliphatic rings. The summed E-state index contributed by atoms with van der Waals surface area (Å²) in [5.74, 6) is 4.73. The second-order valence-electron chi connectivity index (χ2n) is 4.38. The Labute approximate surface area is 113 Å². The summed E-state index contributed by atoms with van der Waals surface area (Å²) in [5, 5.41) is 0. The Bertz CT molecular complexity index is 394. The normalized spacial score (nSPS) is 12.5. The lowest BCUT2D eigenvalue weighted by Crippen LogP contribution is -2.35. The predicted octanol–water partition coefficient (Wildman–Crippen LogP) is 0.542. The van der Waals surface area contributed by atoms with Gasteiger partial charge in [-0.25, -0.2) is 5.84 Å². The maximum atomic E-state index is 11.3. The molecule has 106 valence electrons. The van der Waals surface area contributed by atoms with Crippen LogP contribution in [-0.4, -0.2) is 42.1 Å². The van der Waals surface area contributed by atoms with Crippen molar-refractivity contribution in [1.29, 1.82) is 0 Å². The molecule has 0 fully saturated rings. The summed E-state index contributed by atoms with van der Waals surface area (Å²) in [6, 6.07) is 3.88. The van der Waals surface area contributed by atoms with Crippen LogP contribution in [0.25, 0.3) is 0 Å². The molecule has 0 spiro atoms. The van der Waals surface area contributed by atoms with Crippen LogP contribution in [0.4, 0.5) is 0 Å². The zero-order valence-electron chi connectivity index (χ0n) is 11.7. The molecule has 1 rings (SSSR count). The van der Waals surface area contributed by atoms with Gasteiger partial charge >= 0.3 is 0 Å². The molecular weight excluding hydrogens is 244 g/mol.